The molecular weight excluding hydrogens is 656 g/mol. The Hall–Kier alpha value is -4.24. The van der Waals surface area contributed by atoms with E-state index in [9.17, 15) is 0 Å². The summed E-state index contributed by atoms with van der Waals surface area (Å²) in [5.74, 6) is 2.39. The van der Waals surface area contributed by atoms with Crippen LogP contribution in [0.4, 0.5) is 0 Å². The van der Waals surface area contributed by atoms with Gasteiger partial charge in [0.05, 0.1) is 26.4 Å². The molecule has 7 aromatic rings. The maximum Gasteiger partial charge on any atom is 0.164 e. The molecule has 0 spiro atoms. The number of nitrogens with one attached hydrogen (secondary N) is 2. The van der Waals surface area contributed by atoms with E-state index in [0.29, 0.717) is 72.3 Å². The van der Waals surface area contributed by atoms with Gasteiger partial charge in [-0.05, 0) is 0 Å². The molecule has 0 saturated heterocycles. The number of rotatable bonds is 6. The fraction of sp³-hybridized carbons (Fsp3) is 0.158. The van der Waals surface area contributed by atoms with E-state index in [2.05, 4.69) is 9.97 Å². The second kappa shape index (κ2) is 15.3. The number of H-pyrrole nitrogens is 2. The molecule has 0 unspecified atom stereocenters. The van der Waals surface area contributed by atoms with Gasteiger partial charge in [0.15, 0.2) is 23.3 Å². The summed E-state index contributed by atoms with van der Waals surface area (Å²) in [6, 6.07) is 32.2. The molecule has 2 aliphatic heterocycles. The number of aromatic nitrogens is 8. The summed E-state index contributed by atoms with van der Waals surface area (Å²) in [6.45, 7) is 2.62. The van der Waals surface area contributed by atoms with E-state index < -0.39 is 0 Å². The molecule has 244 valence electrons. The van der Waals surface area contributed by atoms with E-state index in [4.69, 9.17) is 44.1 Å². The van der Waals surface area contributed by atoms with Gasteiger partial charge < -0.3 is 24.2 Å². The van der Waals surface area contributed by atoms with Crippen LogP contribution in [-0.4, -0.2) is 132 Å². The third-order valence-corrected chi connectivity index (χ3v) is 8.32. The van der Waals surface area contributed by atoms with Gasteiger partial charge in [0.2, 0.25) is 0 Å². The number of hydrogen-bond acceptors (Lipinski definition) is 9. The van der Waals surface area contributed by atoms with E-state index in [1.165, 1.54) is 0 Å². The Balaban J connectivity index is 0.000000350. The van der Waals surface area contributed by atoms with E-state index >= 15 is 0 Å². The topological polar surface area (TPSA) is 137 Å². The van der Waals surface area contributed by atoms with Crippen molar-refractivity contribution in [3.8, 4) is 45.6 Å². The van der Waals surface area contributed by atoms with Crippen molar-refractivity contribution in [2.45, 2.75) is 0 Å². The summed E-state index contributed by atoms with van der Waals surface area (Å²) in [7, 11) is 3.30. The molecule has 2 N–H and O–H groups in total. The number of fused-ring (bicyclic) bond motifs is 20. The number of methoxy groups -OCH3 is 2. The van der Waals surface area contributed by atoms with Crippen LogP contribution >= 0.6 is 0 Å². The molecule has 9 rings (SSSR count). The molecule has 4 aromatic carbocycles. The van der Waals surface area contributed by atoms with Gasteiger partial charge in [-0.15, -0.1) is 0 Å². The van der Waals surface area contributed by atoms with Gasteiger partial charge in [0, 0.05) is 58.0 Å². The first-order valence-electron chi connectivity index (χ1n) is 16.0. The first-order valence-corrected chi connectivity index (χ1v) is 16.0. The predicted molar refractivity (Wildman–Crippen MR) is 198 cm³/mol. The van der Waals surface area contributed by atoms with Crippen LogP contribution in [0.1, 0.15) is 0 Å². The Morgan fingerprint density at radius 1 is 0.400 bits per heavy atom. The van der Waals surface area contributed by atoms with Crippen LogP contribution in [0.5, 0.6) is 0 Å². The minimum atomic E-state index is 0. The molecule has 0 radical (unpaired) electrons. The zero-order valence-electron chi connectivity index (χ0n) is 27.0. The van der Waals surface area contributed by atoms with Gasteiger partial charge in [-0.25, -0.2) is 29.9 Å². The molecular formula is C38H33KN8O3. The van der Waals surface area contributed by atoms with E-state index in [-0.39, 0.29) is 51.4 Å². The fourth-order valence-electron chi connectivity index (χ4n) is 5.98. The molecule has 0 aliphatic carbocycles. The molecule has 3 aromatic heterocycles. The number of ether oxygens (including phenoxy) is 3. The Labute approximate surface area is 330 Å². The maximum absolute atomic E-state index is 5.06. The second-order valence-corrected chi connectivity index (χ2v) is 11.4. The van der Waals surface area contributed by atoms with Crippen LogP contribution in [0.25, 0.3) is 89.7 Å². The number of benzene rings is 4. The van der Waals surface area contributed by atoms with Gasteiger partial charge >= 0.3 is 51.4 Å². The third-order valence-electron chi connectivity index (χ3n) is 8.32. The summed E-state index contributed by atoms with van der Waals surface area (Å²) < 4.78 is 14.6. The van der Waals surface area contributed by atoms with Crippen LogP contribution in [0.2, 0.25) is 0 Å². The normalized spacial score (nSPS) is 11.4. The van der Waals surface area contributed by atoms with Gasteiger partial charge in [-0.2, -0.15) is 0 Å². The van der Waals surface area contributed by atoms with Crippen LogP contribution in [0.3, 0.4) is 0 Å². The van der Waals surface area contributed by atoms with Crippen molar-refractivity contribution in [2.24, 2.45) is 0 Å². The average molecular weight is 689 g/mol. The minimum absolute atomic E-state index is 0. The summed E-state index contributed by atoms with van der Waals surface area (Å²) in [6.07, 6.45) is 0. The van der Waals surface area contributed by atoms with Crippen molar-refractivity contribution in [1.82, 2.24) is 39.9 Å². The van der Waals surface area contributed by atoms with Crippen molar-refractivity contribution >= 4 is 95.5 Å². The van der Waals surface area contributed by atoms with Crippen molar-refractivity contribution < 1.29 is 14.2 Å². The van der Waals surface area contributed by atoms with Gasteiger partial charge in [-0.1, -0.05) is 97.1 Å². The molecule has 0 saturated carbocycles. The molecule has 50 heavy (non-hydrogen) atoms. The van der Waals surface area contributed by atoms with E-state index in [0.717, 1.165) is 43.8 Å². The quantitative estimate of drug-likeness (QED) is 0.148. The first-order chi connectivity index (χ1) is 24.2. The largest absolute Gasteiger partial charge is 0.324 e. The van der Waals surface area contributed by atoms with Crippen LogP contribution in [0.15, 0.2) is 97.1 Å². The monoisotopic (exact) mass is 688 g/mol. The first kappa shape index (κ1) is 34.2. The van der Waals surface area contributed by atoms with Crippen molar-refractivity contribution in [3.63, 3.8) is 0 Å². The molecule has 12 heteroatoms. The van der Waals surface area contributed by atoms with E-state index in [1.54, 1.807) is 14.2 Å². The summed E-state index contributed by atoms with van der Waals surface area (Å²) in [5, 5.41) is 3.82. The summed E-state index contributed by atoms with van der Waals surface area (Å²) in [4.78, 5) is 36.8. The summed E-state index contributed by atoms with van der Waals surface area (Å²) >= 11 is 0. The Bertz CT molecular complexity index is 2170. The summed E-state index contributed by atoms with van der Waals surface area (Å²) in [5.41, 5.74) is 6.45. The van der Waals surface area contributed by atoms with Crippen molar-refractivity contribution in [3.05, 3.63) is 97.1 Å². The molecule has 11 nitrogen and oxygen atoms in total. The zero-order chi connectivity index (χ0) is 33.2. The molecule has 8 bridgehead atoms. The fourth-order valence-corrected chi connectivity index (χ4v) is 5.98. The second-order valence-electron chi connectivity index (χ2n) is 11.4. The zero-order valence-corrected chi connectivity index (χ0v) is 27.0. The van der Waals surface area contributed by atoms with Gasteiger partial charge in [0.1, 0.15) is 22.6 Å². The molecule has 2 aliphatic rings. The van der Waals surface area contributed by atoms with Crippen molar-refractivity contribution in [2.75, 3.05) is 40.6 Å². The van der Waals surface area contributed by atoms with Gasteiger partial charge in [0.25, 0.3) is 0 Å². The number of aromatic amines is 2. The molecule has 5 heterocycles. The Kier molecular flexibility index (Phi) is 10.5. The van der Waals surface area contributed by atoms with Crippen molar-refractivity contribution in [1.29, 1.82) is 0 Å². The molecule has 0 atom stereocenters. The van der Waals surface area contributed by atoms with Crippen LogP contribution < -0.4 is 0 Å². The number of hydrogen-bond donors (Lipinski definition) is 2. The Morgan fingerprint density at radius 2 is 0.680 bits per heavy atom. The van der Waals surface area contributed by atoms with Crippen LogP contribution in [-0.2, 0) is 14.2 Å². The third kappa shape index (κ3) is 6.64. The minimum Gasteiger partial charge on any atom is -0.324 e. The standard InChI is InChI=1S/C32H18N8.C6H14O3.K.H/c1-2-10-18-17(9-1)25-33-26(18)38-28-21-13-5-6-14-22(21)30(35-28)40-32-24-16-8-7-15-23(24)31(36-32)39-29-20-12-4-3-11-19(20)27(34-29)37-25;1-7-3-5-9-6-4-8-2;;/h1-16H,(H2,33,34,35,36,37,38,39,40);3-6H2,1-2H3;;. The molecule has 0 fully saturated rings. The average Bonchev–Trinajstić information content (AvgIpc) is 3.88. The maximum atomic E-state index is 5.06. The predicted octanol–water partition coefficient (Wildman–Crippen LogP) is 6.52. The smallest absolute Gasteiger partial charge is 0.164 e. The van der Waals surface area contributed by atoms with Gasteiger partial charge in [-0.3, -0.25) is 0 Å². The van der Waals surface area contributed by atoms with Crippen LogP contribution in [0, 0.1) is 0 Å². The van der Waals surface area contributed by atoms with E-state index in [1.807, 2.05) is 97.1 Å². The Morgan fingerprint density at radius 3 is 0.960 bits per heavy atom. The molecule has 0 amide bonds. The SMILES string of the molecule is COCCOCCOC.[KH].c1ccc2c(c1)-c1nc-2nc2[nH]c(nc3nc(nc4[nH]c(n1)c1ccccc41)-c1ccccc1-3)c1ccccc21. The number of nitrogens with zero attached hydrogens (tertiary/aromatic N) is 6.